The summed E-state index contributed by atoms with van der Waals surface area (Å²) in [6.45, 7) is 0. The van der Waals surface area contributed by atoms with E-state index in [4.69, 9.17) is 0 Å². The lowest BCUT2D eigenvalue weighted by Gasteiger charge is -2.14. The van der Waals surface area contributed by atoms with Gasteiger partial charge in [-0.25, -0.2) is 0 Å². The molecular formula is C11H16S2. The van der Waals surface area contributed by atoms with Crippen molar-refractivity contribution in [3.63, 3.8) is 0 Å². The minimum absolute atomic E-state index is 0.714. The van der Waals surface area contributed by atoms with E-state index in [-0.39, 0.29) is 0 Å². The monoisotopic (exact) mass is 212 g/mol. The molecule has 0 atom stereocenters. The van der Waals surface area contributed by atoms with Crippen LogP contribution in [0.3, 0.4) is 0 Å². The molecule has 0 nitrogen and oxygen atoms in total. The van der Waals surface area contributed by atoms with Gasteiger partial charge >= 0.3 is 0 Å². The predicted octanol–water partition coefficient (Wildman–Crippen LogP) is 3.50. The molecule has 0 radical (unpaired) electrons. The van der Waals surface area contributed by atoms with E-state index in [0.717, 1.165) is 0 Å². The van der Waals surface area contributed by atoms with Gasteiger partial charge in [0.25, 0.3) is 0 Å². The molecule has 0 aromatic heterocycles. The maximum absolute atomic E-state index is 2.23. The Balaban J connectivity index is 2.64. The Bertz CT molecular complexity index is 215. The molecule has 0 saturated heterocycles. The summed E-state index contributed by atoms with van der Waals surface area (Å²) < 4.78 is 0. The number of hydrogen-bond donors (Lipinski definition) is 0. The van der Waals surface area contributed by atoms with Crippen LogP contribution in [0.15, 0.2) is 30.3 Å². The first-order valence-electron chi connectivity index (χ1n) is 4.41. The van der Waals surface area contributed by atoms with E-state index >= 15 is 0 Å². The van der Waals surface area contributed by atoms with E-state index < -0.39 is 0 Å². The van der Waals surface area contributed by atoms with Gasteiger partial charge < -0.3 is 0 Å². The summed E-state index contributed by atoms with van der Waals surface area (Å²) in [5.41, 5.74) is 1.48. The molecule has 0 aliphatic rings. The molecule has 0 N–H and O–H groups in total. The van der Waals surface area contributed by atoms with Crippen molar-refractivity contribution < 1.29 is 0 Å². The van der Waals surface area contributed by atoms with Crippen LogP contribution in [0.4, 0.5) is 0 Å². The largest absolute Gasteiger partial charge is 0.165 e. The molecule has 13 heavy (non-hydrogen) atoms. The smallest absolute Gasteiger partial charge is 0.00195 e. The molecule has 0 bridgehead atoms. The molecule has 0 fully saturated rings. The summed E-state index contributed by atoms with van der Waals surface area (Å²) in [7, 11) is 0. The first-order chi connectivity index (χ1) is 6.38. The Morgan fingerprint density at radius 2 is 1.54 bits per heavy atom. The van der Waals surface area contributed by atoms with Crippen LogP contribution in [-0.2, 0) is 0 Å². The zero-order valence-corrected chi connectivity index (χ0v) is 9.83. The van der Waals surface area contributed by atoms with Crippen molar-refractivity contribution in [3.05, 3.63) is 35.9 Å². The Kier molecular flexibility index (Phi) is 5.40. The fourth-order valence-corrected chi connectivity index (χ4v) is 2.94. The van der Waals surface area contributed by atoms with Gasteiger partial charge in [0.1, 0.15) is 0 Å². The van der Waals surface area contributed by atoms with E-state index in [1.165, 1.54) is 17.1 Å². The molecule has 1 aromatic rings. The predicted molar refractivity (Wildman–Crippen MR) is 65.9 cm³/mol. The molecule has 1 rings (SSSR count). The van der Waals surface area contributed by atoms with E-state index in [9.17, 15) is 0 Å². The SMILES string of the molecule is CSCC(CSC)c1ccccc1. The van der Waals surface area contributed by atoms with Crippen LogP contribution in [-0.4, -0.2) is 24.0 Å². The van der Waals surface area contributed by atoms with E-state index in [1.807, 2.05) is 23.5 Å². The molecule has 0 amide bonds. The molecule has 72 valence electrons. The molecule has 0 saturated carbocycles. The van der Waals surface area contributed by atoms with Gasteiger partial charge in [-0.05, 0) is 18.1 Å². The third kappa shape index (κ3) is 3.65. The zero-order valence-electron chi connectivity index (χ0n) is 8.19. The van der Waals surface area contributed by atoms with Gasteiger partial charge in [-0.3, -0.25) is 0 Å². The second-order valence-corrected chi connectivity index (χ2v) is 4.84. The van der Waals surface area contributed by atoms with Gasteiger partial charge in [-0.15, -0.1) is 0 Å². The minimum Gasteiger partial charge on any atom is -0.165 e. The van der Waals surface area contributed by atoms with Gasteiger partial charge in [-0.1, -0.05) is 30.3 Å². The second-order valence-electron chi connectivity index (χ2n) is 3.02. The molecule has 0 spiro atoms. The molecule has 1 aromatic carbocycles. The standard InChI is InChI=1S/C11H16S2/c1-12-8-11(9-13-2)10-6-4-3-5-7-10/h3-7,11H,8-9H2,1-2H3. The maximum Gasteiger partial charge on any atom is 0.00195 e. The van der Waals surface area contributed by atoms with Crippen molar-refractivity contribution in [2.75, 3.05) is 24.0 Å². The lowest BCUT2D eigenvalue weighted by molar-refractivity contribution is 0.897. The van der Waals surface area contributed by atoms with E-state index in [1.54, 1.807) is 0 Å². The highest BCUT2D eigenvalue weighted by molar-refractivity contribution is 7.99. The van der Waals surface area contributed by atoms with Crippen LogP contribution in [0, 0.1) is 0 Å². The lowest BCUT2D eigenvalue weighted by Crippen LogP contribution is -2.04. The second kappa shape index (κ2) is 6.39. The maximum atomic E-state index is 2.23. The highest BCUT2D eigenvalue weighted by Crippen LogP contribution is 2.22. The molecule has 0 aliphatic heterocycles. The molecule has 0 heterocycles. The van der Waals surface area contributed by atoms with Crippen molar-refractivity contribution in [2.24, 2.45) is 0 Å². The van der Waals surface area contributed by atoms with Crippen LogP contribution in [0.1, 0.15) is 11.5 Å². The summed E-state index contributed by atoms with van der Waals surface area (Å²) in [4.78, 5) is 0. The number of thioether (sulfide) groups is 2. The Labute approximate surface area is 89.5 Å². The lowest BCUT2D eigenvalue weighted by atomic mass is 10.0. The van der Waals surface area contributed by atoms with E-state index in [0.29, 0.717) is 5.92 Å². The third-order valence-electron chi connectivity index (χ3n) is 2.01. The van der Waals surface area contributed by atoms with Gasteiger partial charge in [0.15, 0.2) is 0 Å². The fourth-order valence-electron chi connectivity index (χ4n) is 1.37. The quantitative estimate of drug-likeness (QED) is 0.732. The van der Waals surface area contributed by atoms with E-state index in [2.05, 4.69) is 42.8 Å². The van der Waals surface area contributed by atoms with Gasteiger partial charge in [0, 0.05) is 17.4 Å². The van der Waals surface area contributed by atoms with Crippen molar-refractivity contribution in [1.29, 1.82) is 0 Å². The number of hydrogen-bond acceptors (Lipinski definition) is 2. The molecule has 0 unspecified atom stereocenters. The average molecular weight is 212 g/mol. The van der Waals surface area contributed by atoms with Crippen LogP contribution < -0.4 is 0 Å². The Morgan fingerprint density at radius 3 is 2.00 bits per heavy atom. The summed E-state index contributed by atoms with van der Waals surface area (Å²) in [5, 5.41) is 0. The highest BCUT2D eigenvalue weighted by atomic mass is 32.2. The highest BCUT2D eigenvalue weighted by Gasteiger charge is 2.08. The van der Waals surface area contributed by atoms with Crippen LogP contribution in [0.5, 0.6) is 0 Å². The number of rotatable bonds is 5. The van der Waals surface area contributed by atoms with Gasteiger partial charge in [0.2, 0.25) is 0 Å². The molecule has 2 heteroatoms. The first kappa shape index (κ1) is 11.0. The van der Waals surface area contributed by atoms with Crippen LogP contribution in [0.25, 0.3) is 0 Å². The Morgan fingerprint density at radius 1 is 1.00 bits per heavy atom. The number of benzene rings is 1. The first-order valence-corrected chi connectivity index (χ1v) is 7.20. The Hall–Kier alpha value is -0.0800. The van der Waals surface area contributed by atoms with Gasteiger partial charge in [-0.2, -0.15) is 23.5 Å². The summed E-state index contributed by atoms with van der Waals surface area (Å²) in [6, 6.07) is 10.8. The van der Waals surface area contributed by atoms with Crippen molar-refractivity contribution in [3.8, 4) is 0 Å². The summed E-state index contributed by atoms with van der Waals surface area (Å²) in [6.07, 6.45) is 4.35. The molecular weight excluding hydrogens is 196 g/mol. The van der Waals surface area contributed by atoms with Gasteiger partial charge in [0.05, 0.1) is 0 Å². The van der Waals surface area contributed by atoms with Crippen molar-refractivity contribution in [1.82, 2.24) is 0 Å². The van der Waals surface area contributed by atoms with Crippen LogP contribution in [0.2, 0.25) is 0 Å². The third-order valence-corrected chi connectivity index (χ3v) is 3.48. The average Bonchev–Trinajstić information content (AvgIpc) is 2.19. The zero-order chi connectivity index (χ0) is 9.52. The summed E-state index contributed by atoms with van der Waals surface area (Å²) in [5.74, 6) is 3.17. The fraction of sp³-hybridized carbons (Fsp3) is 0.455. The van der Waals surface area contributed by atoms with Crippen molar-refractivity contribution >= 4 is 23.5 Å². The topological polar surface area (TPSA) is 0 Å². The van der Waals surface area contributed by atoms with Crippen LogP contribution >= 0.6 is 23.5 Å². The summed E-state index contributed by atoms with van der Waals surface area (Å²) >= 11 is 3.86. The van der Waals surface area contributed by atoms with Crippen molar-refractivity contribution in [2.45, 2.75) is 5.92 Å². The molecule has 0 aliphatic carbocycles. The minimum atomic E-state index is 0.714. The normalized spacial score (nSPS) is 10.7.